The minimum atomic E-state index is -1.66. The van der Waals surface area contributed by atoms with Crippen molar-refractivity contribution in [3.05, 3.63) is 102 Å². The van der Waals surface area contributed by atoms with Crippen molar-refractivity contribution in [1.82, 2.24) is 42.2 Å². The molecule has 21 heteroatoms. The van der Waals surface area contributed by atoms with Crippen molar-refractivity contribution in [3.8, 4) is 5.75 Å². The van der Waals surface area contributed by atoms with Gasteiger partial charge in [0.15, 0.2) is 5.96 Å². The molecular weight excluding hydrogens is 961 g/mol. The lowest BCUT2D eigenvalue weighted by Gasteiger charge is -2.41. The summed E-state index contributed by atoms with van der Waals surface area (Å²) in [5, 5.41) is 30.6. The first kappa shape index (κ1) is 56.3. The van der Waals surface area contributed by atoms with Gasteiger partial charge in [-0.05, 0) is 105 Å². The molecular formula is C54H72N12O9. The summed E-state index contributed by atoms with van der Waals surface area (Å²) in [4.78, 5) is 121. The summed E-state index contributed by atoms with van der Waals surface area (Å²) in [5.74, 6) is -5.76. The van der Waals surface area contributed by atoms with Crippen LogP contribution in [-0.2, 0) is 51.2 Å². The number of primary amides is 1. The zero-order chi connectivity index (χ0) is 53.9. The van der Waals surface area contributed by atoms with Crippen molar-refractivity contribution in [1.29, 1.82) is 0 Å². The number of unbranched alkanes of at least 4 members (excludes halogenated alkanes) is 1. The Morgan fingerprint density at radius 3 is 2.12 bits per heavy atom. The number of guanidine groups is 1. The van der Waals surface area contributed by atoms with Gasteiger partial charge in [0.1, 0.15) is 41.5 Å². The minimum Gasteiger partial charge on any atom is -0.508 e. The molecule has 1 aromatic heterocycles. The van der Waals surface area contributed by atoms with Gasteiger partial charge in [-0.1, -0.05) is 74.0 Å². The molecule has 1 saturated carbocycles. The van der Waals surface area contributed by atoms with E-state index in [2.05, 4.69) is 47.2 Å². The number of para-hydroxylation sites is 1. The van der Waals surface area contributed by atoms with Crippen LogP contribution in [-0.4, -0.2) is 112 Å². The van der Waals surface area contributed by atoms with E-state index in [9.17, 15) is 38.7 Å². The van der Waals surface area contributed by atoms with Crippen LogP contribution in [0.25, 0.3) is 10.9 Å². The third kappa shape index (κ3) is 16.5. The highest BCUT2D eigenvalue weighted by Crippen LogP contribution is 2.39. The molecule has 4 aromatic rings. The number of nitrogens with two attached hydrogens (primary N) is 3. The van der Waals surface area contributed by atoms with Gasteiger partial charge in [-0.2, -0.15) is 0 Å². The molecule has 15 N–H and O–H groups in total. The maximum atomic E-state index is 15.2. The lowest BCUT2D eigenvalue weighted by atomic mass is 9.73. The first-order chi connectivity index (χ1) is 36.0. The van der Waals surface area contributed by atoms with E-state index < -0.39 is 89.4 Å². The number of aliphatic imine (C=N–C) groups is 1. The van der Waals surface area contributed by atoms with Crippen molar-refractivity contribution in [2.45, 2.75) is 145 Å². The third-order valence-corrected chi connectivity index (χ3v) is 13.9. The zero-order valence-corrected chi connectivity index (χ0v) is 42.5. The fourth-order valence-corrected chi connectivity index (χ4v) is 9.65. The Morgan fingerprint density at radius 1 is 0.747 bits per heavy atom. The number of phenols is 1. The number of aromatic nitrogens is 1. The largest absolute Gasteiger partial charge is 0.508 e. The van der Waals surface area contributed by atoms with Crippen molar-refractivity contribution in [2.75, 3.05) is 13.1 Å². The lowest BCUT2D eigenvalue weighted by Crippen LogP contribution is -2.66. The van der Waals surface area contributed by atoms with Gasteiger partial charge in [-0.25, -0.2) is 0 Å². The maximum Gasteiger partial charge on any atom is 0.246 e. The maximum absolute atomic E-state index is 15.2. The number of nitrogens with one attached hydrogen (secondary N) is 8. The summed E-state index contributed by atoms with van der Waals surface area (Å²) >= 11 is 0. The Balaban J connectivity index is 1.39. The van der Waals surface area contributed by atoms with Crippen LogP contribution in [0.15, 0.2) is 90.1 Å². The number of rotatable bonds is 14. The number of aromatic hydroxyl groups is 1. The van der Waals surface area contributed by atoms with Gasteiger partial charge < -0.3 is 64.5 Å². The molecule has 21 nitrogen and oxygen atoms in total. The molecule has 2 aliphatic rings. The van der Waals surface area contributed by atoms with E-state index in [4.69, 9.17) is 17.2 Å². The summed E-state index contributed by atoms with van der Waals surface area (Å²) in [6.07, 6.45) is 4.30. The van der Waals surface area contributed by atoms with Crippen molar-refractivity contribution in [2.24, 2.45) is 22.2 Å². The van der Waals surface area contributed by atoms with Crippen LogP contribution < -0.4 is 54.4 Å². The molecule has 0 unspecified atom stereocenters. The molecule has 2 fully saturated rings. The van der Waals surface area contributed by atoms with Gasteiger partial charge in [-0.3, -0.25) is 43.3 Å². The summed E-state index contributed by atoms with van der Waals surface area (Å²) in [5.41, 5.74) is 18.4. The fourth-order valence-electron chi connectivity index (χ4n) is 9.65. The van der Waals surface area contributed by atoms with Gasteiger partial charge in [0.05, 0.1) is 6.42 Å². The van der Waals surface area contributed by atoms with Crippen LogP contribution in [0.3, 0.4) is 0 Å². The minimum absolute atomic E-state index is 0.0253. The molecule has 6 rings (SSSR count). The van der Waals surface area contributed by atoms with Crippen LogP contribution in [0, 0.1) is 0 Å². The molecule has 75 heavy (non-hydrogen) atoms. The van der Waals surface area contributed by atoms with Crippen LogP contribution in [0.2, 0.25) is 0 Å². The van der Waals surface area contributed by atoms with E-state index in [1.807, 2.05) is 31.2 Å². The normalized spacial score (nSPS) is 23.9. The molecule has 8 amide bonds. The summed E-state index contributed by atoms with van der Waals surface area (Å²) in [6.45, 7) is 2.10. The molecule has 1 aliphatic carbocycles. The van der Waals surface area contributed by atoms with Gasteiger partial charge >= 0.3 is 0 Å². The Labute approximate surface area is 436 Å². The van der Waals surface area contributed by atoms with E-state index in [0.29, 0.717) is 49.7 Å². The van der Waals surface area contributed by atoms with Gasteiger partial charge in [0.2, 0.25) is 47.3 Å². The molecule has 0 bridgehead atoms. The molecule has 5 atom stereocenters. The van der Waals surface area contributed by atoms with Crippen molar-refractivity contribution in [3.63, 3.8) is 0 Å². The van der Waals surface area contributed by atoms with Crippen molar-refractivity contribution < 1.29 is 43.5 Å². The SMILES string of the molecule is CCCCC(=O)N[C@H]1CC(=O)NCCCC[C@@H](C(N)=O)NC(=O)[C@H](Cc2c[nH]c3ccccc23)NC(=O)[C@H](CCCN=C(N)N)NC(=O)[C@@H](Cc2ccccc2)NC(=O)C2(CCC(c3ccc(O)cc3)CC2)NC1=O. The average molecular weight is 1030 g/mol. The predicted octanol–water partition coefficient (Wildman–Crippen LogP) is 1.71. The summed E-state index contributed by atoms with van der Waals surface area (Å²) in [6, 6.07) is 16.5. The Hall–Kier alpha value is -7.97. The monoisotopic (exact) mass is 1030 g/mol. The summed E-state index contributed by atoms with van der Waals surface area (Å²) in [7, 11) is 0. The van der Waals surface area contributed by atoms with E-state index >= 15 is 4.79 Å². The van der Waals surface area contributed by atoms with E-state index in [1.165, 1.54) is 0 Å². The topological polar surface area (TPSA) is 347 Å². The molecule has 1 saturated heterocycles. The Bertz CT molecular complexity index is 2650. The number of carbonyl (C=O) groups is 8. The quantitative estimate of drug-likeness (QED) is 0.0490. The lowest BCUT2D eigenvalue weighted by molar-refractivity contribution is -0.140. The van der Waals surface area contributed by atoms with Crippen molar-refractivity contribution >= 4 is 64.1 Å². The Kier molecular flexibility index (Phi) is 20.5. The smallest absolute Gasteiger partial charge is 0.246 e. The Morgan fingerprint density at radius 2 is 1.41 bits per heavy atom. The highest BCUT2D eigenvalue weighted by Gasteiger charge is 2.46. The van der Waals surface area contributed by atoms with Crippen LogP contribution in [0.5, 0.6) is 5.75 Å². The number of carbonyl (C=O) groups excluding carboxylic acids is 8. The highest BCUT2D eigenvalue weighted by atomic mass is 16.3. The summed E-state index contributed by atoms with van der Waals surface area (Å²) < 4.78 is 0. The molecule has 0 radical (unpaired) electrons. The van der Waals surface area contributed by atoms with Crippen LogP contribution >= 0.6 is 0 Å². The fraction of sp³-hybridized carbons (Fsp3) is 0.463. The van der Waals surface area contributed by atoms with Crippen LogP contribution in [0.4, 0.5) is 0 Å². The number of amides is 8. The number of fused-ring (bicyclic) bond motifs is 1. The molecule has 402 valence electrons. The highest BCUT2D eigenvalue weighted by molar-refractivity contribution is 6.00. The van der Waals surface area contributed by atoms with E-state index in [1.54, 1.807) is 60.8 Å². The third-order valence-electron chi connectivity index (χ3n) is 13.9. The van der Waals surface area contributed by atoms with Gasteiger partial charge in [0, 0.05) is 49.5 Å². The first-order valence-electron chi connectivity index (χ1n) is 25.9. The van der Waals surface area contributed by atoms with E-state index in [-0.39, 0.29) is 82.1 Å². The molecule has 1 aliphatic heterocycles. The number of phenolic OH excluding ortho intramolecular Hbond substituents is 1. The zero-order valence-electron chi connectivity index (χ0n) is 42.5. The van der Waals surface area contributed by atoms with Gasteiger partial charge in [-0.15, -0.1) is 0 Å². The number of H-pyrrole nitrogens is 1. The second-order valence-corrected chi connectivity index (χ2v) is 19.5. The van der Waals surface area contributed by atoms with E-state index in [0.717, 1.165) is 16.5 Å². The molecule has 2 heterocycles. The predicted molar refractivity (Wildman–Crippen MR) is 282 cm³/mol. The second kappa shape index (κ2) is 27.4. The molecule has 3 aromatic carbocycles. The molecule has 1 spiro atoms. The second-order valence-electron chi connectivity index (χ2n) is 19.5. The number of hydrogen-bond donors (Lipinski definition) is 12. The number of aromatic amines is 1. The number of nitrogens with zero attached hydrogens (tertiary/aromatic N) is 1. The average Bonchev–Trinajstić information content (AvgIpc) is 3.80. The van der Waals surface area contributed by atoms with Gasteiger partial charge in [0.25, 0.3) is 0 Å². The first-order valence-corrected chi connectivity index (χ1v) is 25.9. The van der Waals surface area contributed by atoms with Crippen LogP contribution in [0.1, 0.15) is 113 Å². The standard InChI is InChI=1S/C54H72N12O9/c1-2-3-18-45(68)61-44-31-46(69)58-27-10-9-16-40(47(55)70)62-50(73)43(30-36-32-60-39-15-8-7-14-38(36)39)64-48(71)41(17-11-28-59-53(56)57)63-49(72)42(29-33-12-5-4-6-13-33)65-52(75)54(66-51(44)74)25-23-35(24-26-54)34-19-21-37(67)22-20-34/h4-8,12-15,19-22,32,35,40-44,60,67H,2-3,9-11,16-18,23-31H2,1H3,(H2,55,70)(H,58,69)(H,61,68)(H,62,73)(H,63,72)(H,64,71)(H,65,75)(H,66,74)(H4,56,57,59)/t35?,40-,41-,42+,43-,44-,54?/m0/s1. The number of benzene rings is 3. The number of hydrogen-bond acceptors (Lipinski definition) is 10.